The van der Waals surface area contributed by atoms with E-state index >= 15 is 0 Å². The lowest BCUT2D eigenvalue weighted by Crippen LogP contribution is -2.25. The van der Waals surface area contributed by atoms with Crippen molar-refractivity contribution in [3.63, 3.8) is 0 Å². The number of nitrogens with zero attached hydrogens (tertiary/aromatic N) is 3. The second-order valence-corrected chi connectivity index (χ2v) is 8.58. The van der Waals surface area contributed by atoms with Gasteiger partial charge in [0.2, 0.25) is 0 Å². The van der Waals surface area contributed by atoms with Crippen molar-refractivity contribution in [2.75, 3.05) is 6.61 Å². The third-order valence-corrected chi connectivity index (χ3v) is 6.23. The molecule has 0 saturated heterocycles. The number of nitrogens with one attached hydrogen (secondary N) is 1. The molecule has 3 N–H and O–H groups in total. The molecule has 0 saturated carbocycles. The summed E-state index contributed by atoms with van der Waals surface area (Å²) in [5.74, 6) is 0.425. The number of hydrogen-bond acceptors (Lipinski definition) is 5. The number of benzene rings is 4. The summed E-state index contributed by atoms with van der Waals surface area (Å²) in [6.45, 7) is 1.13. The van der Waals surface area contributed by atoms with E-state index in [-0.39, 0.29) is 0 Å². The van der Waals surface area contributed by atoms with Gasteiger partial charge in [0, 0.05) is 15.8 Å². The van der Waals surface area contributed by atoms with Crippen LogP contribution in [-0.4, -0.2) is 26.8 Å². The number of aromatic nitrogens is 2. The Hall–Kier alpha value is -3.94. The quantitative estimate of drug-likeness (QED) is 0.328. The number of halogens is 1. The van der Waals surface area contributed by atoms with Crippen LogP contribution in [0, 0.1) is 22.7 Å². The van der Waals surface area contributed by atoms with E-state index in [0.717, 1.165) is 27.1 Å². The zero-order valence-electron chi connectivity index (χ0n) is 17.5. The maximum atomic E-state index is 10.6. The number of aromatic amines is 1. The van der Waals surface area contributed by atoms with Crippen molar-refractivity contribution >= 4 is 44.2 Å². The molecule has 4 aromatic carbocycles. The summed E-state index contributed by atoms with van der Waals surface area (Å²) < 4.78 is 0. The number of hydrogen-bond donors (Lipinski definition) is 3. The monoisotopic (exact) mass is 452 g/mol. The van der Waals surface area contributed by atoms with Gasteiger partial charge in [0.25, 0.3) is 0 Å². The van der Waals surface area contributed by atoms with Crippen LogP contribution in [0.4, 0.5) is 0 Å². The molecule has 0 radical (unpaired) electrons. The fraction of sp³-hybridized carbons (Fsp3) is 0.115. The third-order valence-electron chi connectivity index (χ3n) is 5.99. The van der Waals surface area contributed by atoms with Gasteiger partial charge in [-0.1, -0.05) is 35.9 Å². The fourth-order valence-corrected chi connectivity index (χ4v) is 4.40. The molecule has 0 aliphatic heterocycles. The Morgan fingerprint density at radius 3 is 2.30 bits per heavy atom. The molecule has 5 aromatic rings. The lowest BCUT2D eigenvalue weighted by Gasteiger charge is -2.21. The minimum atomic E-state index is -1.40. The van der Waals surface area contributed by atoms with E-state index in [0.29, 0.717) is 38.6 Å². The average Bonchev–Trinajstić information content (AvgIpc) is 3.28. The van der Waals surface area contributed by atoms with Gasteiger partial charge in [-0.2, -0.15) is 10.5 Å². The Kier molecular flexibility index (Phi) is 4.81. The molecule has 1 aromatic heterocycles. The zero-order valence-corrected chi connectivity index (χ0v) is 18.3. The molecule has 0 fully saturated rings. The summed E-state index contributed by atoms with van der Waals surface area (Å²) in [4.78, 5) is 8.14. The molecule has 1 heterocycles. The first-order chi connectivity index (χ1) is 15.9. The van der Waals surface area contributed by atoms with Crippen LogP contribution in [0.25, 0.3) is 44.0 Å². The Bertz CT molecular complexity index is 1640. The van der Waals surface area contributed by atoms with Crippen molar-refractivity contribution in [1.82, 2.24) is 9.97 Å². The molecule has 1 unspecified atom stereocenters. The van der Waals surface area contributed by atoms with E-state index < -0.39 is 12.2 Å². The lowest BCUT2D eigenvalue weighted by molar-refractivity contribution is -0.00217. The summed E-state index contributed by atoms with van der Waals surface area (Å²) in [5.41, 5.74) is 1.74. The molecular weight excluding hydrogens is 436 g/mol. The maximum Gasteiger partial charge on any atom is 0.141 e. The molecular formula is C26H17ClN4O2. The van der Waals surface area contributed by atoms with Crippen LogP contribution in [0.15, 0.2) is 54.6 Å². The summed E-state index contributed by atoms with van der Waals surface area (Å²) in [5, 5.41) is 43.4. The van der Waals surface area contributed by atoms with Gasteiger partial charge in [0.05, 0.1) is 46.5 Å². The molecule has 0 aliphatic carbocycles. The van der Waals surface area contributed by atoms with Gasteiger partial charge in [-0.25, -0.2) is 4.98 Å². The summed E-state index contributed by atoms with van der Waals surface area (Å²) in [7, 11) is 0. The summed E-state index contributed by atoms with van der Waals surface area (Å²) in [6, 6.07) is 20.2. The molecule has 5 rings (SSSR count). The average molecular weight is 453 g/mol. The Balaban J connectivity index is 1.93. The highest BCUT2D eigenvalue weighted by Gasteiger charge is 2.24. The van der Waals surface area contributed by atoms with Crippen LogP contribution < -0.4 is 0 Å². The molecule has 0 aliphatic rings. The lowest BCUT2D eigenvalue weighted by atomic mass is 9.92. The SMILES string of the molecule is CC(O)(CO)c1ccc2c(c1)c1cc(Cl)ccc1c1[nH]c(-c3c(C#N)cccc3C#N)nc21. The van der Waals surface area contributed by atoms with E-state index in [1.54, 1.807) is 37.3 Å². The number of aliphatic hydroxyl groups excluding tert-OH is 1. The maximum absolute atomic E-state index is 10.6. The van der Waals surface area contributed by atoms with E-state index in [9.17, 15) is 20.7 Å². The van der Waals surface area contributed by atoms with Gasteiger partial charge in [-0.05, 0) is 53.6 Å². The highest BCUT2D eigenvalue weighted by atomic mass is 35.5. The van der Waals surface area contributed by atoms with Crippen molar-refractivity contribution in [2.45, 2.75) is 12.5 Å². The Morgan fingerprint density at radius 2 is 1.64 bits per heavy atom. The Morgan fingerprint density at radius 1 is 0.970 bits per heavy atom. The van der Waals surface area contributed by atoms with Crippen LogP contribution in [0.3, 0.4) is 0 Å². The second-order valence-electron chi connectivity index (χ2n) is 8.14. The molecule has 33 heavy (non-hydrogen) atoms. The molecule has 1 atom stereocenters. The number of rotatable bonds is 3. The highest BCUT2D eigenvalue weighted by molar-refractivity contribution is 6.33. The largest absolute Gasteiger partial charge is 0.393 e. The minimum absolute atomic E-state index is 0.353. The smallest absolute Gasteiger partial charge is 0.141 e. The van der Waals surface area contributed by atoms with Crippen LogP contribution >= 0.6 is 11.6 Å². The van der Waals surface area contributed by atoms with Gasteiger partial charge in [0.1, 0.15) is 11.4 Å². The van der Waals surface area contributed by atoms with Gasteiger partial charge in [0.15, 0.2) is 0 Å². The van der Waals surface area contributed by atoms with Crippen molar-refractivity contribution in [3.8, 4) is 23.5 Å². The van der Waals surface area contributed by atoms with Crippen LogP contribution in [-0.2, 0) is 5.60 Å². The van der Waals surface area contributed by atoms with Gasteiger partial charge < -0.3 is 15.2 Å². The molecule has 160 valence electrons. The summed E-state index contributed by atoms with van der Waals surface area (Å²) >= 11 is 6.32. The number of fused-ring (bicyclic) bond motifs is 6. The van der Waals surface area contributed by atoms with E-state index in [2.05, 4.69) is 17.1 Å². The van der Waals surface area contributed by atoms with E-state index in [1.165, 1.54) is 0 Å². The van der Waals surface area contributed by atoms with Crippen LogP contribution in [0.1, 0.15) is 23.6 Å². The third kappa shape index (κ3) is 3.21. The summed E-state index contributed by atoms with van der Waals surface area (Å²) in [6.07, 6.45) is 0. The minimum Gasteiger partial charge on any atom is -0.393 e. The Labute approximate surface area is 193 Å². The standard InChI is InChI=1S/C26H17ClN4O2/c1-26(33,13-32)16-5-7-18-20(9-16)21-10-17(27)6-8-19(21)24-23(18)30-25(31-24)22-14(11-28)3-2-4-15(22)12-29/h2-10,32-33H,13H2,1H3,(H,30,31). The highest BCUT2D eigenvalue weighted by Crippen LogP contribution is 2.39. The molecule has 7 heteroatoms. The number of nitriles is 2. The van der Waals surface area contributed by atoms with Crippen molar-refractivity contribution in [3.05, 3.63) is 76.3 Å². The second kappa shape index (κ2) is 7.58. The molecule has 6 nitrogen and oxygen atoms in total. The van der Waals surface area contributed by atoms with Crippen LogP contribution in [0.5, 0.6) is 0 Å². The van der Waals surface area contributed by atoms with Gasteiger partial charge >= 0.3 is 0 Å². The first-order valence-electron chi connectivity index (χ1n) is 10.2. The van der Waals surface area contributed by atoms with Crippen molar-refractivity contribution in [2.24, 2.45) is 0 Å². The van der Waals surface area contributed by atoms with E-state index in [4.69, 9.17) is 16.6 Å². The topological polar surface area (TPSA) is 117 Å². The molecule has 0 amide bonds. The number of H-pyrrole nitrogens is 1. The van der Waals surface area contributed by atoms with E-state index in [1.807, 2.05) is 24.3 Å². The molecule has 0 spiro atoms. The van der Waals surface area contributed by atoms with Crippen molar-refractivity contribution in [1.29, 1.82) is 10.5 Å². The fourth-order valence-electron chi connectivity index (χ4n) is 4.23. The predicted molar refractivity (Wildman–Crippen MR) is 128 cm³/mol. The first-order valence-corrected chi connectivity index (χ1v) is 10.6. The van der Waals surface area contributed by atoms with Crippen molar-refractivity contribution < 1.29 is 10.2 Å². The molecule has 0 bridgehead atoms. The predicted octanol–water partition coefficient (Wildman–Crippen LogP) is 5.13. The normalized spacial score (nSPS) is 13.2. The zero-order chi connectivity index (χ0) is 23.3. The number of aliphatic hydroxyl groups is 2. The van der Waals surface area contributed by atoms with Crippen LogP contribution in [0.2, 0.25) is 5.02 Å². The van der Waals surface area contributed by atoms with Gasteiger partial charge in [-0.15, -0.1) is 0 Å². The first kappa shape index (κ1) is 20.9. The van der Waals surface area contributed by atoms with Gasteiger partial charge in [-0.3, -0.25) is 0 Å². The number of imidazole rings is 1.